The zero-order valence-electron chi connectivity index (χ0n) is 12.7. The number of nitrogen functional groups attached to an aromatic ring is 1. The molecule has 0 unspecified atom stereocenters. The van der Waals surface area contributed by atoms with Crippen LogP contribution in [0.15, 0.2) is 22.7 Å². The molecule has 0 bridgehead atoms. The van der Waals surface area contributed by atoms with Crippen molar-refractivity contribution in [3.63, 3.8) is 0 Å². The molecule has 1 fully saturated rings. The van der Waals surface area contributed by atoms with Gasteiger partial charge in [0.1, 0.15) is 0 Å². The van der Waals surface area contributed by atoms with Crippen LogP contribution >= 0.6 is 15.9 Å². The molecule has 0 aliphatic heterocycles. The van der Waals surface area contributed by atoms with Crippen molar-refractivity contribution < 1.29 is 0 Å². The maximum absolute atomic E-state index is 5.84. The standard InChI is InChI=1S/C17H27BrN2/c1-13(2)9-10-20(16-5-3-4-6-16)12-14-7-8-15(19)11-17(14)18/h7-8,11,13,16H,3-6,9-10,12,19H2,1-2H3. The summed E-state index contributed by atoms with van der Waals surface area (Å²) in [7, 11) is 0. The van der Waals surface area contributed by atoms with E-state index in [1.807, 2.05) is 12.1 Å². The van der Waals surface area contributed by atoms with Gasteiger partial charge in [0.05, 0.1) is 0 Å². The predicted molar refractivity (Wildman–Crippen MR) is 90.7 cm³/mol. The van der Waals surface area contributed by atoms with Crippen LogP contribution in [0.25, 0.3) is 0 Å². The third-order valence-electron chi connectivity index (χ3n) is 4.29. The number of benzene rings is 1. The van der Waals surface area contributed by atoms with Crippen LogP contribution in [-0.2, 0) is 6.54 Å². The molecular weight excluding hydrogens is 312 g/mol. The fraction of sp³-hybridized carbons (Fsp3) is 0.647. The van der Waals surface area contributed by atoms with Gasteiger partial charge in [-0.15, -0.1) is 0 Å². The molecule has 0 saturated heterocycles. The Balaban J connectivity index is 2.05. The SMILES string of the molecule is CC(C)CCN(Cc1ccc(N)cc1Br)C1CCCC1. The molecule has 2 N–H and O–H groups in total. The first-order chi connectivity index (χ1) is 9.56. The van der Waals surface area contributed by atoms with Crippen molar-refractivity contribution in [3.05, 3.63) is 28.2 Å². The molecule has 0 amide bonds. The molecule has 112 valence electrons. The molecule has 0 atom stereocenters. The maximum atomic E-state index is 5.84. The molecule has 20 heavy (non-hydrogen) atoms. The second-order valence-corrected chi connectivity index (χ2v) is 7.30. The number of rotatable bonds is 6. The van der Waals surface area contributed by atoms with E-state index in [9.17, 15) is 0 Å². The molecule has 1 saturated carbocycles. The quantitative estimate of drug-likeness (QED) is 0.753. The fourth-order valence-electron chi connectivity index (χ4n) is 2.99. The fourth-order valence-corrected chi connectivity index (χ4v) is 3.52. The first kappa shape index (κ1) is 15.8. The highest BCUT2D eigenvalue weighted by atomic mass is 79.9. The lowest BCUT2D eigenvalue weighted by Crippen LogP contribution is -2.34. The van der Waals surface area contributed by atoms with Gasteiger partial charge in [-0.25, -0.2) is 0 Å². The van der Waals surface area contributed by atoms with Crippen molar-refractivity contribution in [2.45, 2.75) is 58.5 Å². The topological polar surface area (TPSA) is 29.3 Å². The van der Waals surface area contributed by atoms with Gasteiger partial charge in [-0.05, 0) is 49.4 Å². The number of anilines is 1. The first-order valence-electron chi connectivity index (χ1n) is 7.84. The molecule has 0 radical (unpaired) electrons. The average Bonchev–Trinajstić information content (AvgIpc) is 2.90. The Hall–Kier alpha value is -0.540. The van der Waals surface area contributed by atoms with E-state index in [0.717, 1.165) is 28.7 Å². The molecule has 0 heterocycles. The molecule has 1 aliphatic carbocycles. The molecule has 0 aromatic heterocycles. The van der Waals surface area contributed by atoms with Gasteiger partial charge in [0, 0.05) is 22.7 Å². The molecule has 1 aromatic rings. The smallest absolute Gasteiger partial charge is 0.0325 e. The summed E-state index contributed by atoms with van der Waals surface area (Å²) < 4.78 is 1.14. The Morgan fingerprint density at radius 3 is 2.60 bits per heavy atom. The first-order valence-corrected chi connectivity index (χ1v) is 8.63. The van der Waals surface area contributed by atoms with Crippen molar-refractivity contribution in [1.82, 2.24) is 4.90 Å². The Morgan fingerprint density at radius 1 is 1.30 bits per heavy atom. The van der Waals surface area contributed by atoms with Crippen LogP contribution in [0.4, 0.5) is 5.69 Å². The number of hydrogen-bond acceptors (Lipinski definition) is 2. The van der Waals surface area contributed by atoms with Crippen LogP contribution in [0.5, 0.6) is 0 Å². The minimum atomic E-state index is 0.772. The highest BCUT2D eigenvalue weighted by Crippen LogP contribution is 2.28. The van der Waals surface area contributed by atoms with Crippen LogP contribution < -0.4 is 5.73 Å². The molecule has 3 heteroatoms. The molecule has 1 aliphatic rings. The summed E-state index contributed by atoms with van der Waals surface area (Å²) in [6.45, 7) is 6.87. The maximum Gasteiger partial charge on any atom is 0.0325 e. The molecular formula is C17H27BrN2. The summed E-state index contributed by atoms with van der Waals surface area (Å²) in [6, 6.07) is 6.97. The summed E-state index contributed by atoms with van der Waals surface area (Å²) in [6.07, 6.45) is 6.80. The Bertz CT molecular complexity index is 425. The van der Waals surface area contributed by atoms with Crippen LogP contribution in [0.2, 0.25) is 0 Å². The van der Waals surface area contributed by atoms with Crippen molar-refractivity contribution in [2.24, 2.45) is 5.92 Å². The zero-order chi connectivity index (χ0) is 14.5. The average molecular weight is 339 g/mol. The summed E-state index contributed by atoms with van der Waals surface area (Å²) >= 11 is 3.66. The van der Waals surface area contributed by atoms with Crippen molar-refractivity contribution in [1.29, 1.82) is 0 Å². The van der Waals surface area contributed by atoms with Crippen molar-refractivity contribution in [2.75, 3.05) is 12.3 Å². The van der Waals surface area contributed by atoms with Crippen molar-refractivity contribution >= 4 is 21.6 Å². The van der Waals surface area contributed by atoms with Gasteiger partial charge in [-0.2, -0.15) is 0 Å². The summed E-state index contributed by atoms with van der Waals surface area (Å²) in [5.74, 6) is 0.772. The lowest BCUT2D eigenvalue weighted by atomic mass is 10.1. The molecule has 2 nitrogen and oxygen atoms in total. The number of nitrogens with two attached hydrogens (primary N) is 1. The van der Waals surface area contributed by atoms with E-state index in [4.69, 9.17) is 5.73 Å². The van der Waals surface area contributed by atoms with E-state index in [-0.39, 0.29) is 0 Å². The predicted octanol–water partition coefficient (Wildman–Crippen LogP) is 4.82. The van der Waals surface area contributed by atoms with E-state index in [1.54, 1.807) is 0 Å². The van der Waals surface area contributed by atoms with E-state index in [1.165, 1.54) is 44.2 Å². The molecule has 1 aromatic carbocycles. The van der Waals surface area contributed by atoms with Gasteiger partial charge >= 0.3 is 0 Å². The Morgan fingerprint density at radius 2 is 2.00 bits per heavy atom. The van der Waals surface area contributed by atoms with Crippen LogP contribution in [0, 0.1) is 5.92 Å². The summed E-state index contributed by atoms with van der Waals surface area (Å²) in [5.41, 5.74) is 8.02. The largest absolute Gasteiger partial charge is 0.399 e. The van der Waals surface area contributed by atoms with Gasteiger partial charge in [-0.1, -0.05) is 48.7 Å². The zero-order valence-corrected chi connectivity index (χ0v) is 14.3. The van der Waals surface area contributed by atoms with Gasteiger partial charge in [0.25, 0.3) is 0 Å². The van der Waals surface area contributed by atoms with E-state index in [2.05, 4.69) is 40.7 Å². The van der Waals surface area contributed by atoms with Crippen LogP contribution in [-0.4, -0.2) is 17.5 Å². The third-order valence-corrected chi connectivity index (χ3v) is 5.02. The highest BCUT2D eigenvalue weighted by Gasteiger charge is 2.23. The minimum Gasteiger partial charge on any atom is -0.399 e. The Labute approximate surface area is 131 Å². The lowest BCUT2D eigenvalue weighted by Gasteiger charge is -2.30. The second kappa shape index (κ2) is 7.46. The van der Waals surface area contributed by atoms with Crippen LogP contribution in [0.3, 0.4) is 0 Å². The molecule has 0 spiro atoms. The highest BCUT2D eigenvalue weighted by molar-refractivity contribution is 9.10. The normalized spacial score (nSPS) is 16.4. The second-order valence-electron chi connectivity index (χ2n) is 6.44. The Kier molecular flexibility index (Phi) is 5.91. The number of halogens is 1. The van der Waals surface area contributed by atoms with Gasteiger partial charge in [0.2, 0.25) is 0 Å². The van der Waals surface area contributed by atoms with Gasteiger partial charge < -0.3 is 5.73 Å². The number of hydrogen-bond donors (Lipinski definition) is 1. The third kappa shape index (κ3) is 4.49. The molecule has 2 rings (SSSR count). The minimum absolute atomic E-state index is 0.772. The lowest BCUT2D eigenvalue weighted by molar-refractivity contribution is 0.179. The van der Waals surface area contributed by atoms with Crippen LogP contribution in [0.1, 0.15) is 51.5 Å². The van der Waals surface area contributed by atoms with Crippen molar-refractivity contribution in [3.8, 4) is 0 Å². The monoisotopic (exact) mass is 338 g/mol. The van der Waals surface area contributed by atoms with Gasteiger partial charge in [-0.3, -0.25) is 4.90 Å². The summed E-state index contributed by atoms with van der Waals surface area (Å²) in [4.78, 5) is 2.68. The van der Waals surface area contributed by atoms with E-state index >= 15 is 0 Å². The van der Waals surface area contributed by atoms with Gasteiger partial charge in [0.15, 0.2) is 0 Å². The van der Waals surface area contributed by atoms with E-state index in [0.29, 0.717) is 0 Å². The summed E-state index contributed by atoms with van der Waals surface area (Å²) in [5, 5.41) is 0. The number of nitrogens with zero attached hydrogens (tertiary/aromatic N) is 1. The van der Waals surface area contributed by atoms with E-state index < -0.39 is 0 Å².